The van der Waals surface area contributed by atoms with Crippen LogP contribution in [0.25, 0.3) is 0 Å². The second-order valence-electron chi connectivity index (χ2n) is 3.92. The van der Waals surface area contributed by atoms with Crippen molar-refractivity contribution in [2.75, 3.05) is 6.61 Å². The largest absolute Gasteiger partial charge is 0.384 e. The maximum atomic E-state index is 13.2. The third kappa shape index (κ3) is 3.88. The van der Waals surface area contributed by atoms with Crippen molar-refractivity contribution in [1.29, 1.82) is 0 Å². The highest BCUT2D eigenvalue weighted by Gasteiger charge is 2.18. The first-order valence-corrected chi connectivity index (χ1v) is 7.29. The molecule has 0 fully saturated rings. The maximum absolute atomic E-state index is 13.2. The molecule has 0 aliphatic heterocycles. The molecule has 0 atom stereocenters. The van der Waals surface area contributed by atoms with Gasteiger partial charge in [-0.1, -0.05) is 17.0 Å². The zero-order valence-electron chi connectivity index (χ0n) is 10.7. The van der Waals surface area contributed by atoms with Gasteiger partial charge in [0.05, 0.1) is 17.1 Å². The molecule has 0 saturated carbocycles. The van der Waals surface area contributed by atoms with Crippen molar-refractivity contribution in [3.63, 3.8) is 0 Å². The van der Waals surface area contributed by atoms with Crippen LogP contribution in [0.5, 0.6) is 0 Å². The minimum Gasteiger partial charge on any atom is -0.384 e. The molecule has 110 valence electrons. The average molecular weight is 310 g/mol. The summed E-state index contributed by atoms with van der Waals surface area (Å²) >= 11 is 0. The molecule has 21 heavy (non-hydrogen) atoms. The monoisotopic (exact) mass is 310 g/mol. The Morgan fingerprint density at radius 1 is 1.38 bits per heavy atom. The van der Waals surface area contributed by atoms with Crippen molar-refractivity contribution < 1.29 is 22.4 Å². The van der Waals surface area contributed by atoms with Crippen LogP contribution in [0.3, 0.4) is 0 Å². The zero-order valence-corrected chi connectivity index (χ0v) is 11.5. The average Bonchev–Trinajstić information content (AvgIpc) is 2.96. The molecule has 8 heteroatoms. The van der Waals surface area contributed by atoms with E-state index in [0.29, 0.717) is 5.69 Å². The van der Waals surface area contributed by atoms with Crippen molar-refractivity contribution in [2.24, 2.45) is 0 Å². The highest BCUT2D eigenvalue weighted by Crippen LogP contribution is 2.16. The summed E-state index contributed by atoms with van der Waals surface area (Å²) in [6, 6.07) is 4.64. The SMILES string of the molecule is O=S(=O)(NCc1ccon1)c1ccc(F)cc1C#CCO. The Morgan fingerprint density at radius 2 is 2.19 bits per heavy atom. The van der Waals surface area contributed by atoms with Crippen LogP contribution in [0.15, 0.2) is 39.9 Å². The Morgan fingerprint density at radius 3 is 2.86 bits per heavy atom. The molecule has 2 rings (SSSR count). The lowest BCUT2D eigenvalue weighted by atomic mass is 10.2. The molecule has 0 unspecified atom stereocenters. The molecule has 0 aliphatic rings. The molecule has 1 aromatic heterocycles. The number of nitrogens with zero attached hydrogens (tertiary/aromatic N) is 1. The van der Waals surface area contributed by atoms with Gasteiger partial charge in [-0.3, -0.25) is 0 Å². The smallest absolute Gasteiger partial charge is 0.242 e. The summed E-state index contributed by atoms with van der Waals surface area (Å²) in [5.74, 6) is 4.09. The van der Waals surface area contributed by atoms with Crippen molar-refractivity contribution in [3.05, 3.63) is 47.6 Å². The lowest BCUT2D eigenvalue weighted by Crippen LogP contribution is -2.24. The number of halogens is 1. The number of aliphatic hydroxyl groups excluding tert-OH is 1. The van der Waals surface area contributed by atoms with Gasteiger partial charge in [-0.25, -0.2) is 17.5 Å². The molecule has 2 N–H and O–H groups in total. The van der Waals surface area contributed by atoms with Crippen LogP contribution in [0, 0.1) is 17.7 Å². The lowest BCUT2D eigenvalue weighted by Gasteiger charge is -2.07. The summed E-state index contributed by atoms with van der Waals surface area (Å²) < 4.78 is 44.5. The first-order chi connectivity index (χ1) is 10.0. The van der Waals surface area contributed by atoms with E-state index in [-0.39, 0.29) is 17.0 Å². The van der Waals surface area contributed by atoms with Crippen molar-refractivity contribution in [1.82, 2.24) is 9.88 Å². The van der Waals surface area contributed by atoms with Gasteiger partial charge < -0.3 is 9.63 Å². The number of rotatable bonds is 4. The highest BCUT2D eigenvalue weighted by molar-refractivity contribution is 7.89. The van der Waals surface area contributed by atoms with Crippen molar-refractivity contribution in [3.8, 4) is 11.8 Å². The van der Waals surface area contributed by atoms with E-state index < -0.39 is 22.4 Å². The third-order valence-corrected chi connectivity index (χ3v) is 3.93. The maximum Gasteiger partial charge on any atom is 0.242 e. The molecule has 0 spiro atoms. The van der Waals surface area contributed by atoms with Gasteiger partial charge in [-0.2, -0.15) is 0 Å². The number of benzene rings is 1. The normalized spacial score (nSPS) is 11.0. The molecular formula is C13H11FN2O4S. The molecule has 2 aromatic rings. The summed E-state index contributed by atoms with van der Waals surface area (Å²) in [4.78, 5) is -0.173. The first-order valence-electron chi connectivity index (χ1n) is 5.81. The molecule has 0 radical (unpaired) electrons. The van der Waals surface area contributed by atoms with E-state index in [9.17, 15) is 12.8 Å². The fraction of sp³-hybridized carbons (Fsp3) is 0.154. The predicted molar refractivity (Wildman–Crippen MR) is 70.9 cm³/mol. The molecule has 1 heterocycles. The Bertz CT molecular complexity index is 776. The zero-order chi connectivity index (χ0) is 15.3. The van der Waals surface area contributed by atoms with E-state index in [4.69, 9.17) is 5.11 Å². The molecule has 6 nitrogen and oxygen atoms in total. The molecule has 0 saturated heterocycles. The summed E-state index contributed by atoms with van der Waals surface area (Å²) in [7, 11) is -3.90. The molecule has 1 aromatic carbocycles. The van der Waals surface area contributed by atoms with Gasteiger partial charge in [0.15, 0.2) is 0 Å². The van der Waals surface area contributed by atoms with Gasteiger partial charge in [0.2, 0.25) is 10.0 Å². The van der Waals surface area contributed by atoms with Gasteiger partial charge in [0.1, 0.15) is 18.7 Å². The molecule has 0 amide bonds. The lowest BCUT2D eigenvalue weighted by molar-refractivity contribution is 0.350. The quantitative estimate of drug-likeness (QED) is 0.808. The van der Waals surface area contributed by atoms with Crippen LogP contribution in [-0.4, -0.2) is 25.3 Å². The van der Waals surface area contributed by atoms with E-state index in [2.05, 4.69) is 26.2 Å². The van der Waals surface area contributed by atoms with E-state index in [1.165, 1.54) is 12.3 Å². The minimum absolute atomic E-state index is 0.0308. The van der Waals surface area contributed by atoms with Gasteiger partial charge in [0.25, 0.3) is 0 Å². The number of sulfonamides is 1. The van der Waals surface area contributed by atoms with E-state index in [0.717, 1.165) is 18.2 Å². The van der Waals surface area contributed by atoms with Crippen molar-refractivity contribution >= 4 is 10.0 Å². The number of aromatic nitrogens is 1. The molecular weight excluding hydrogens is 299 g/mol. The Kier molecular flexibility index (Phi) is 4.70. The van der Waals surface area contributed by atoms with Crippen LogP contribution in [-0.2, 0) is 16.6 Å². The van der Waals surface area contributed by atoms with Crippen LogP contribution in [0.1, 0.15) is 11.3 Å². The summed E-state index contributed by atoms with van der Waals surface area (Å²) in [6.07, 6.45) is 1.32. The van der Waals surface area contributed by atoms with Gasteiger partial charge in [-0.05, 0) is 18.2 Å². The Balaban J connectivity index is 2.30. The standard InChI is InChI=1S/C13H11FN2O4S/c14-11-3-4-13(10(8-11)2-1-6-17)21(18,19)15-9-12-5-7-20-16-12/h3-5,7-8,15,17H,6,9H2. The summed E-state index contributed by atoms with van der Waals surface area (Å²) in [5, 5.41) is 12.2. The third-order valence-electron chi connectivity index (χ3n) is 2.47. The summed E-state index contributed by atoms with van der Waals surface area (Å²) in [5.41, 5.74) is 0.375. The Labute approximate surface area is 120 Å². The van der Waals surface area contributed by atoms with Gasteiger partial charge in [0, 0.05) is 11.6 Å². The highest BCUT2D eigenvalue weighted by atomic mass is 32.2. The first kappa shape index (κ1) is 15.2. The van der Waals surface area contributed by atoms with E-state index in [1.807, 2.05) is 0 Å². The number of aliphatic hydroxyl groups is 1. The van der Waals surface area contributed by atoms with Crippen LogP contribution >= 0.6 is 0 Å². The van der Waals surface area contributed by atoms with Crippen LogP contribution < -0.4 is 4.72 Å². The molecule has 0 bridgehead atoms. The minimum atomic E-state index is -3.90. The van der Waals surface area contributed by atoms with Gasteiger partial charge in [-0.15, -0.1) is 0 Å². The fourth-order valence-electron chi connectivity index (χ4n) is 1.54. The van der Waals surface area contributed by atoms with Gasteiger partial charge >= 0.3 is 0 Å². The second-order valence-corrected chi connectivity index (χ2v) is 5.65. The number of hydrogen-bond donors (Lipinski definition) is 2. The van der Waals surface area contributed by atoms with Crippen molar-refractivity contribution in [2.45, 2.75) is 11.4 Å². The topological polar surface area (TPSA) is 92.4 Å². The van der Waals surface area contributed by atoms with Crippen LogP contribution in [0.2, 0.25) is 0 Å². The fourth-order valence-corrected chi connectivity index (χ4v) is 2.68. The second kappa shape index (κ2) is 6.49. The number of nitrogens with one attached hydrogen (secondary N) is 1. The molecule has 0 aliphatic carbocycles. The van der Waals surface area contributed by atoms with E-state index in [1.54, 1.807) is 0 Å². The number of hydrogen-bond acceptors (Lipinski definition) is 5. The van der Waals surface area contributed by atoms with Crippen LogP contribution in [0.4, 0.5) is 4.39 Å². The Hall–Kier alpha value is -2.21. The van der Waals surface area contributed by atoms with E-state index >= 15 is 0 Å². The predicted octanol–water partition coefficient (Wildman–Crippen LogP) is 0.636. The summed E-state index contributed by atoms with van der Waals surface area (Å²) in [6.45, 7) is -0.522.